The van der Waals surface area contributed by atoms with Crippen molar-refractivity contribution in [3.63, 3.8) is 0 Å². The molecule has 0 aliphatic heterocycles. The van der Waals surface area contributed by atoms with Crippen LogP contribution in [0.15, 0.2) is 243 Å². The number of nitriles is 2. The molecule has 8 rings (SSSR count). The fourth-order valence-corrected chi connectivity index (χ4v) is 21.7. The standard InChI is InChI=1S/C25H20F3P.C24H20BrP.C4H9NSi.CBF2N.CF3.3CH4.BF3.BrH.2K/c26-25(27,28)29(21-13-5-1-6-14-21,22-15-7-2-8-16-22,23-17-9-3-10-18-23)24-19-11-4-12-20-24;25-26(21-13-5-1-6-14-21,22-15-7-2-8-16-22,23-17-9-3-10-18-23)24-19-11-4-12-20-24;1-6(2,3)4-5;3-2(4)1-5;2-1(3)4;;;;2-1(3)4;;;/h1-20H;1-20H;1-3H3;;;3*1H4;;1H;;/q;;;;-1;;;;;;2*+1/p-1. The van der Waals surface area contributed by atoms with Crippen molar-refractivity contribution in [3.8, 4) is 11.7 Å². The molecule has 0 amide bonds. The molecule has 0 bridgehead atoms. The Kier molecular flexibility index (Phi) is 41.8. The third-order valence-electron chi connectivity index (χ3n) is 11.0. The summed E-state index contributed by atoms with van der Waals surface area (Å²) in [6.45, 7) is -2.10. The first-order chi connectivity index (χ1) is 35.1. The summed E-state index contributed by atoms with van der Waals surface area (Å²) in [6.07, 6.45) is 0. The van der Waals surface area contributed by atoms with Gasteiger partial charge in [-0.3, -0.25) is 21.6 Å². The van der Waals surface area contributed by atoms with E-state index >= 15 is 13.2 Å². The van der Waals surface area contributed by atoms with Gasteiger partial charge >= 0.3 is 449 Å². The number of hydrogen-bond acceptors (Lipinski definition) is 2. The molecule has 0 aromatic heterocycles. The Morgan fingerprint density at radius 1 is 0.412 bits per heavy atom. The fourth-order valence-electron chi connectivity index (χ4n) is 8.11. The third-order valence-corrected chi connectivity index (χ3v) is 28.0. The third kappa shape index (κ3) is 20.6. The molecule has 0 unspecified atom stereocenters. The van der Waals surface area contributed by atoms with E-state index in [0.717, 1.165) is 0 Å². The molecule has 0 aliphatic rings. The van der Waals surface area contributed by atoms with E-state index < -0.39 is 47.4 Å². The topological polar surface area (TPSA) is 47.6 Å². The summed E-state index contributed by atoms with van der Waals surface area (Å²) in [7, 11) is -7.80. The van der Waals surface area contributed by atoms with Crippen molar-refractivity contribution in [1.82, 2.24) is 0 Å². The van der Waals surface area contributed by atoms with Crippen molar-refractivity contribution in [3.05, 3.63) is 249 Å². The molecule has 80 heavy (non-hydrogen) atoms. The minimum absolute atomic E-state index is 0. The monoisotopic (exact) mass is 1340 g/mol. The first-order valence-electron chi connectivity index (χ1n) is 22.2. The Bertz CT molecular complexity index is 2600. The van der Waals surface area contributed by atoms with Crippen molar-refractivity contribution in [1.29, 1.82) is 10.5 Å². The van der Waals surface area contributed by atoms with E-state index in [0.29, 0.717) is 5.97 Å². The van der Waals surface area contributed by atoms with Crippen LogP contribution in [0.5, 0.6) is 0 Å². The summed E-state index contributed by atoms with van der Waals surface area (Å²) in [6, 6.07) is 76.9. The minimum Gasteiger partial charge on any atom is -1.00 e. The predicted octanol–water partition coefficient (Wildman–Crippen LogP) is 7.52. The molecule has 8 aromatic rings. The zero-order chi connectivity index (χ0) is 54.9. The molecule has 0 aliphatic carbocycles. The maximum atomic E-state index is 15.8. The maximum absolute atomic E-state index is 15.8. The molecule has 0 fully saturated rings. The molecule has 0 saturated carbocycles. The quantitative estimate of drug-likeness (QED) is 0.0685. The van der Waals surface area contributed by atoms with Crippen molar-refractivity contribution in [2.45, 2.75) is 47.8 Å². The summed E-state index contributed by atoms with van der Waals surface area (Å²) in [5, 5.41) is 18.7. The van der Waals surface area contributed by atoms with Crippen molar-refractivity contribution in [2.75, 3.05) is 0 Å². The van der Waals surface area contributed by atoms with Crippen LogP contribution >= 0.6 is 27.4 Å². The second kappa shape index (κ2) is 39.9. The van der Waals surface area contributed by atoms with Gasteiger partial charge < -0.3 is 30.2 Å². The molecule has 0 N–H and O–H groups in total. The summed E-state index contributed by atoms with van der Waals surface area (Å²) in [4.78, 5) is 0. The molecule has 416 valence electrons. The van der Waals surface area contributed by atoms with Crippen LogP contribution in [0.3, 0.4) is 0 Å². The van der Waals surface area contributed by atoms with Gasteiger partial charge in [0.1, 0.15) is 0 Å². The van der Waals surface area contributed by atoms with Gasteiger partial charge in [0.05, 0.1) is 5.97 Å². The van der Waals surface area contributed by atoms with E-state index in [1.807, 2.05) is 19.6 Å². The number of hydrogen-bond donors (Lipinski definition) is 0. The van der Waals surface area contributed by atoms with Crippen LogP contribution in [0.25, 0.3) is 0 Å². The van der Waals surface area contributed by atoms with Gasteiger partial charge in [-0.15, -0.1) is 0 Å². The van der Waals surface area contributed by atoms with Crippen LogP contribution in [-0.2, 0) is 0 Å². The largest absolute Gasteiger partial charge is 1.00 e. The van der Waals surface area contributed by atoms with E-state index in [4.69, 9.17) is 10.5 Å². The number of alkyl halides is 3. The van der Waals surface area contributed by atoms with Gasteiger partial charge in [-0.05, 0) is 0 Å². The maximum Gasteiger partial charge on any atom is 1.00 e. The molecule has 0 saturated heterocycles. The van der Waals surface area contributed by atoms with Crippen LogP contribution in [-0.4, -0.2) is 28.8 Å². The smallest absolute Gasteiger partial charge is 1.00 e. The van der Waals surface area contributed by atoms with E-state index in [1.54, 1.807) is 121 Å². The molecule has 0 heterocycles. The fraction of sp³-hybridized carbons (Fsp3) is 0.121. The van der Waals surface area contributed by atoms with Crippen molar-refractivity contribution < 1.29 is 168 Å². The summed E-state index contributed by atoms with van der Waals surface area (Å²) in [5.74, 6) is -3.85. The molecule has 2 nitrogen and oxygen atoms in total. The van der Waals surface area contributed by atoms with Gasteiger partial charge in [0, 0.05) is 5.69 Å². The van der Waals surface area contributed by atoms with Crippen LogP contribution in [0, 0.1) is 28.9 Å². The Morgan fingerprint density at radius 3 is 0.637 bits per heavy atom. The molecule has 0 atom stereocenters. The Morgan fingerprint density at radius 2 is 0.537 bits per heavy atom. The average molecular weight is 1340 g/mol. The summed E-state index contributed by atoms with van der Waals surface area (Å²) >= 11 is 4.46. The molecular formula is C58H61B2Br2F11K2N2P2Si. The Hall–Kier alpha value is -2.59. The second-order valence-corrected chi connectivity index (χ2v) is 34.4. The van der Waals surface area contributed by atoms with E-state index in [9.17, 15) is 34.7 Å². The Balaban J connectivity index is -0.000000518. The zero-order valence-electron chi connectivity index (χ0n) is 42.5. The van der Waals surface area contributed by atoms with Crippen LogP contribution in [0.2, 0.25) is 19.6 Å². The van der Waals surface area contributed by atoms with Crippen LogP contribution < -0.4 is 162 Å². The van der Waals surface area contributed by atoms with E-state index in [1.165, 1.54) is 21.2 Å². The summed E-state index contributed by atoms with van der Waals surface area (Å²) < 4.78 is 126. The predicted molar refractivity (Wildman–Crippen MR) is 316 cm³/mol. The van der Waals surface area contributed by atoms with Crippen LogP contribution in [0.4, 0.5) is 47.9 Å². The number of benzene rings is 8. The van der Waals surface area contributed by atoms with Gasteiger partial charge in [0.25, 0.3) is 0 Å². The second-order valence-electron chi connectivity index (χ2n) is 16.5. The molecule has 0 radical (unpaired) electrons. The van der Waals surface area contributed by atoms with Gasteiger partial charge in [0.15, 0.2) is 14.8 Å². The first kappa shape index (κ1) is 83.9. The van der Waals surface area contributed by atoms with Crippen molar-refractivity contribution >= 4 is 92.7 Å². The minimum atomic E-state index is -5.08. The molecular weight excluding hydrogens is 1280 g/mol. The number of rotatable bonds is 8. The number of halogens is 13. The zero-order valence-corrected chi connectivity index (χ0v) is 54.7. The SMILES string of the molecule is BrP(c1ccccc1)(c1ccccc1)(c1ccccc1)c1ccccc1.C.C.C.C[Si](C)(C)C#N.FB(F)F.FC(F)(F)P(c1ccccc1)(c1ccccc1)(c1ccccc1)c1ccccc1.F[C-](F)F.N#CB(F)F.[Br-].[K+].[K+]. The van der Waals surface area contributed by atoms with Crippen LogP contribution in [0.1, 0.15) is 22.3 Å². The normalized spacial score (nSPS) is 11.0. The van der Waals surface area contributed by atoms with Gasteiger partial charge in [-0.2, -0.15) is 0 Å². The summed E-state index contributed by atoms with van der Waals surface area (Å²) in [5.41, 5.74) is 2.24. The molecule has 0 spiro atoms. The average Bonchev–Trinajstić information content (AvgIpc) is 3.41. The Labute approximate surface area is 572 Å². The van der Waals surface area contributed by atoms with Gasteiger partial charge in [-0.25, -0.2) is 10.5 Å². The van der Waals surface area contributed by atoms with E-state index in [2.05, 4.69) is 143 Å². The van der Waals surface area contributed by atoms with E-state index in [-0.39, 0.29) is 163 Å². The number of nitrogens with zero attached hydrogens (tertiary/aromatic N) is 2. The molecule has 22 heteroatoms. The van der Waals surface area contributed by atoms with Gasteiger partial charge in [0.2, 0.25) is 0 Å². The first-order valence-corrected chi connectivity index (χ1v) is 32.2. The van der Waals surface area contributed by atoms with Crippen molar-refractivity contribution in [2.24, 2.45) is 0 Å². The van der Waals surface area contributed by atoms with Gasteiger partial charge in [-0.1, -0.05) is 41.9 Å². The molecule has 8 aromatic carbocycles.